The van der Waals surface area contributed by atoms with Gasteiger partial charge in [-0.1, -0.05) is 12.1 Å². The molecule has 1 N–H and O–H groups in total. The fraction of sp³-hybridized carbons (Fsp3) is 0.250. The van der Waals surface area contributed by atoms with Crippen LogP contribution in [0.5, 0.6) is 0 Å². The van der Waals surface area contributed by atoms with E-state index in [-0.39, 0.29) is 18.4 Å². The van der Waals surface area contributed by atoms with Crippen molar-refractivity contribution in [2.45, 2.75) is 13.3 Å². The number of rotatable bonds is 7. The van der Waals surface area contributed by atoms with Crippen LogP contribution in [0.25, 0.3) is 0 Å². The molecule has 126 valence electrons. The minimum absolute atomic E-state index is 0.144. The Morgan fingerprint density at radius 2 is 2.08 bits per heavy atom. The fourth-order valence-electron chi connectivity index (χ4n) is 1.78. The SMILES string of the molecule is CCOC(=O)Cc1csc(NN=Cc2ccc(C(=O)OC)cc2)n1. The number of benzene rings is 1. The lowest BCUT2D eigenvalue weighted by Gasteiger charge is -1.99. The molecule has 0 saturated carbocycles. The van der Waals surface area contributed by atoms with E-state index in [1.165, 1.54) is 18.4 Å². The van der Waals surface area contributed by atoms with E-state index in [2.05, 4.69) is 20.2 Å². The topological polar surface area (TPSA) is 89.9 Å². The third-order valence-electron chi connectivity index (χ3n) is 2.89. The molecule has 0 bridgehead atoms. The number of thiazole rings is 1. The van der Waals surface area contributed by atoms with Gasteiger partial charge in [0.2, 0.25) is 5.13 Å². The number of nitrogens with zero attached hydrogens (tertiary/aromatic N) is 2. The number of anilines is 1. The van der Waals surface area contributed by atoms with Crippen molar-refractivity contribution < 1.29 is 19.1 Å². The molecule has 2 rings (SSSR count). The lowest BCUT2D eigenvalue weighted by molar-refractivity contribution is -0.142. The number of hydrogen-bond acceptors (Lipinski definition) is 8. The van der Waals surface area contributed by atoms with E-state index in [1.807, 2.05) is 0 Å². The Morgan fingerprint density at radius 1 is 1.33 bits per heavy atom. The number of methoxy groups -OCH3 is 1. The first kappa shape index (κ1) is 17.6. The highest BCUT2D eigenvalue weighted by Crippen LogP contribution is 2.16. The first-order valence-corrected chi connectivity index (χ1v) is 8.07. The van der Waals surface area contributed by atoms with Crippen molar-refractivity contribution in [2.75, 3.05) is 19.1 Å². The van der Waals surface area contributed by atoms with Gasteiger partial charge in [-0.15, -0.1) is 11.3 Å². The fourth-order valence-corrected chi connectivity index (χ4v) is 2.44. The molecule has 0 spiro atoms. The van der Waals surface area contributed by atoms with E-state index in [1.54, 1.807) is 42.8 Å². The van der Waals surface area contributed by atoms with Crippen molar-refractivity contribution in [1.29, 1.82) is 0 Å². The van der Waals surface area contributed by atoms with E-state index in [9.17, 15) is 9.59 Å². The maximum absolute atomic E-state index is 11.4. The summed E-state index contributed by atoms with van der Waals surface area (Å²) >= 11 is 1.35. The smallest absolute Gasteiger partial charge is 0.337 e. The maximum atomic E-state index is 11.4. The Bertz CT molecular complexity index is 725. The van der Waals surface area contributed by atoms with Crippen LogP contribution in [0.3, 0.4) is 0 Å². The molecule has 0 aliphatic rings. The zero-order valence-electron chi connectivity index (χ0n) is 13.3. The Hall–Kier alpha value is -2.74. The van der Waals surface area contributed by atoms with Crippen molar-refractivity contribution in [3.63, 3.8) is 0 Å². The molecule has 7 nitrogen and oxygen atoms in total. The van der Waals surface area contributed by atoms with Gasteiger partial charge in [-0.05, 0) is 24.6 Å². The van der Waals surface area contributed by atoms with Crippen LogP contribution in [-0.2, 0) is 20.7 Å². The number of esters is 2. The highest BCUT2D eigenvalue weighted by molar-refractivity contribution is 7.13. The first-order valence-electron chi connectivity index (χ1n) is 7.20. The second-order valence-corrected chi connectivity index (χ2v) is 5.47. The molecule has 0 aliphatic heterocycles. The van der Waals surface area contributed by atoms with E-state index >= 15 is 0 Å². The van der Waals surface area contributed by atoms with Gasteiger partial charge in [-0.2, -0.15) is 5.10 Å². The van der Waals surface area contributed by atoms with Crippen LogP contribution < -0.4 is 5.43 Å². The van der Waals surface area contributed by atoms with E-state index in [0.29, 0.717) is 23.0 Å². The van der Waals surface area contributed by atoms with Crippen LogP contribution in [-0.4, -0.2) is 36.9 Å². The Morgan fingerprint density at radius 3 is 2.75 bits per heavy atom. The maximum Gasteiger partial charge on any atom is 0.337 e. The van der Waals surface area contributed by atoms with Gasteiger partial charge in [0.15, 0.2) is 0 Å². The van der Waals surface area contributed by atoms with Gasteiger partial charge in [-0.25, -0.2) is 9.78 Å². The minimum atomic E-state index is -0.381. The van der Waals surface area contributed by atoms with Crippen LogP contribution in [0.4, 0.5) is 5.13 Å². The molecule has 0 aliphatic carbocycles. The van der Waals surface area contributed by atoms with Crippen molar-refractivity contribution >= 4 is 34.6 Å². The third kappa shape index (κ3) is 5.17. The number of aromatic nitrogens is 1. The normalized spacial score (nSPS) is 10.6. The number of ether oxygens (including phenoxy) is 2. The Balaban J connectivity index is 1.89. The summed E-state index contributed by atoms with van der Waals surface area (Å²) < 4.78 is 9.51. The quantitative estimate of drug-likeness (QED) is 0.470. The number of carbonyl (C=O) groups is 2. The monoisotopic (exact) mass is 347 g/mol. The summed E-state index contributed by atoms with van der Waals surface area (Å²) in [6.45, 7) is 2.12. The molecule has 1 aromatic carbocycles. The lowest BCUT2D eigenvalue weighted by Crippen LogP contribution is -2.07. The number of hydrogen-bond donors (Lipinski definition) is 1. The molecule has 1 aromatic heterocycles. The van der Waals surface area contributed by atoms with Gasteiger partial charge >= 0.3 is 11.9 Å². The zero-order chi connectivity index (χ0) is 17.4. The van der Waals surface area contributed by atoms with Crippen LogP contribution in [0.15, 0.2) is 34.7 Å². The number of carbonyl (C=O) groups excluding carboxylic acids is 2. The standard InChI is InChI=1S/C16H17N3O4S/c1-3-23-14(20)8-13-10-24-16(18-13)19-17-9-11-4-6-12(7-5-11)15(21)22-2/h4-7,9-10H,3,8H2,1-2H3,(H,18,19). The van der Waals surface area contributed by atoms with E-state index in [4.69, 9.17) is 4.74 Å². The second-order valence-electron chi connectivity index (χ2n) is 4.61. The van der Waals surface area contributed by atoms with Crippen LogP contribution in [0.2, 0.25) is 0 Å². The van der Waals surface area contributed by atoms with Crippen molar-refractivity contribution in [3.05, 3.63) is 46.5 Å². The molecule has 24 heavy (non-hydrogen) atoms. The highest BCUT2D eigenvalue weighted by Gasteiger charge is 2.08. The molecule has 0 amide bonds. The van der Waals surface area contributed by atoms with Gasteiger partial charge in [0.25, 0.3) is 0 Å². The van der Waals surface area contributed by atoms with Crippen molar-refractivity contribution in [1.82, 2.24) is 4.98 Å². The summed E-state index contributed by atoms with van der Waals surface area (Å²) in [4.78, 5) is 27.0. The van der Waals surface area contributed by atoms with Crippen LogP contribution in [0.1, 0.15) is 28.5 Å². The summed E-state index contributed by atoms with van der Waals surface area (Å²) in [5, 5.41) is 6.43. The molecule has 0 unspecified atom stereocenters. The summed E-state index contributed by atoms with van der Waals surface area (Å²) in [5.74, 6) is -0.683. The molecule has 0 saturated heterocycles. The van der Waals surface area contributed by atoms with E-state index in [0.717, 1.165) is 5.56 Å². The molecule has 8 heteroatoms. The lowest BCUT2D eigenvalue weighted by atomic mass is 10.1. The molecule has 2 aromatic rings. The Labute approximate surface area is 143 Å². The average Bonchev–Trinajstić information content (AvgIpc) is 3.02. The molecular formula is C16H17N3O4S. The second kappa shape index (κ2) is 8.78. The highest BCUT2D eigenvalue weighted by atomic mass is 32.1. The average molecular weight is 347 g/mol. The molecule has 1 heterocycles. The molecule has 0 atom stereocenters. The van der Waals surface area contributed by atoms with Crippen molar-refractivity contribution in [2.24, 2.45) is 5.10 Å². The summed E-state index contributed by atoms with van der Waals surface area (Å²) in [6.07, 6.45) is 1.75. The van der Waals surface area contributed by atoms with Crippen molar-refractivity contribution in [3.8, 4) is 0 Å². The van der Waals surface area contributed by atoms with Gasteiger partial charge < -0.3 is 9.47 Å². The number of hydrazone groups is 1. The summed E-state index contributed by atoms with van der Waals surface area (Å²) in [5.41, 5.74) is 4.73. The predicted octanol–water partition coefficient (Wildman–Crippen LogP) is 2.48. The Kier molecular flexibility index (Phi) is 6.44. The molecular weight excluding hydrogens is 330 g/mol. The molecule has 0 fully saturated rings. The van der Waals surface area contributed by atoms with Gasteiger partial charge in [0.1, 0.15) is 0 Å². The summed E-state index contributed by atoms with van der Waals surface area (Å²) in [6, 6.07) is 6.83. The number of nitrogens with one attached hydrogen (secondary N) is 1. The minimum Gasteiger partial charge on any atom is -0.466 e. The van der Waals surface area contributed by atoms with E-state index < -0.39 is 0 Å². The van der Waals surface area contributed by atoms with Gasteiger partial charge in [0.05, 0.1) is 37.6 Å². The van der Waals surface area contributed by atoms with Gasteiger partial charge in [-0.3, -0.25) is 10.2 Å². The first-order chi connectivity index (χ1) is 11.6. The van der Waals surface area contributed by atoms with Gasteiger partial charge in [0, 0.05) is 5.38 Å². The third-order valence-corrected chi connectivity index (χ3v) is 3.68. The molecule has 0 radical (unpaired) electrons. The predicted molar refractivity (Wildman–Crippen MR) is 91.4 cm³/mol. The van der Waals surface area contributed by atoms with Crippen LogP contribution in [0, 0.1) is 0 Å². The summed E-state index contributed by atoms with van der Waals surface area (Å²) in [7, 11) is 1.34. The van der Waals surface area contributed by atoms with Crippen LogP contribution >= 0.6 is 11.3 Å². The zero-order valence-corrected chi connectivity index (χ0v) is 14.1. The largest absolute Gasteiger partial charge is 0.466 e.